The SMILES string of the molecule is [C-]#[N+]c1cc(-n2c3cc(-c4cccc(C)c4)ccc3c3ccc(-c4cccc(C)c4)cc32)c(-n2c3cc(-c4cccc(C)c4)ccc3c3ccc(-c4cccc(C)c4)cc32)cc1-c1ccc(C#N)cc1C(F)(F)F. The van der Waals surface area contributed by atoms with Crippen LogP contribution in [-0.4, -0.2) is 9.13 Å². The number of fused-ring (bicyclic) bond motifs is 6. The average molecular weight is 963 g/mol. The van der Waals surface area contributed by atoms with Gasteiger partial charge in [-0.2, -0.15) is 18.4 Å². The van der Waals surface area contributed by atoms with Crippen LogP contribution in [0, 0.1) is 45.6 Å². The molecule has 2 heterocycles. The van der Waals surface area contributed by atoms with Gasteiger partial charge in [-0.1, -0.05) is 174 Å². The van der Waals surface area contributed by atoms with Crippen molar-refractivity contribution in [1.29, 1.82) is 5.26 Å². The van der Waals surface area contributed by atoms with Gasteiger partial charge in [0.2, 0.25) is 0 Å². The summed E-state index contributed by atoms with van der Waals surface area (Å²) in [5.74, 6) is 0. The lowest BCUT2D eigenvalue weighted by Crippen LogP contribution is -2.09. The van der Waals surface area contributed by atoms with Gasteiger partial charge in [0.05, 0.1) is 57.2 Å². The van der Waals surface area contributed by atoms with Crippen LogP contribution in [0.25, 0.3) is 115 Å². The number of hydrogen-bond donors (Lipinski definition) is 0. The van der Waals surface area contributed by atoms with Crippen molar-refractivity contribution >= 4 is 49.3 Å². The number of benzene rings is 10. The maximum atomic E-state index is 15.4. The maximum absolute atomic E-state index is 15.4. The normalized spacial score (nSPS) is 11.7. The molecule has 0 N–H and O–H groups in total. The highest BCUT2D eigenvalue weighted by molar-refractivity contribution is 6.14. The van der Waals surface area contributed by atoms with Crippen LogP contribution < -0.4 is 0 Å². The van der Waals surface area contributed by atoms with Crippen LogP contribution in [0.4, 0.5) is 18.9 Å². The van der Waals surface area contributed by atoms with E-state index in [9.17, 15) is 5.26 Å². The molecule has 0 bridgehead atoms. The van der Waals surface area contributed by atoms with Gasteiger partial charge in [-0.25, -0.2) is 4.85 Å². The molecule has 0 aliphatic carbocycles. The Kier molecular flexibility index (Phi) is 10.9. The summed E-state index contributed by atoms with van der Waals surface area (Å²) < 4.78 is 50.6. The van der Waals surface area contributed by atoms with E-state index in [4.69, 9.17) is 6.57 Å². The third kappa shape index (κ3) is 7.87. The Morgan fingerprint density at radius 2 is 0.757 bits per heavy atom. The van der Waals surface area contributed by atoms with Crippen molar-refractivity contribution in [2.24, 2.45) is 0 Å². The van der Waals surface area contributed by atoms with Gasteiger partial charge in [0.15, 0.2) is 5.69 Å². The fourth-order valence-electron chi connectivity index (χ4n) is 10.9. The van der Waals surface area contributed by atoms with Crippen LogP contribution in [0.1, 0.15) is 33.4 Å². The molecule has 0 aliphatic heterocycles. The summed E-state index contributed by atoms with van der Waals surface area (Å²) in [7, 11) is 0. The highest BCUT2D eigenvalue weighted by atomic mass is 19.4. The molecule has 7 heteroatoms. The Morgan fingerprint density at radius 1 is 0.405 bits per heavy atom. The molecule has 4 nitrogen and oxygen atoms in total. The first kappa shape index (κ1) is 45.7. The standard InChI is InChI=1S/C67H45F3N4/c1-40-10-6-14-45(28-40)49-19-24-54-55-25-20-50(46-15-7-11-41(2)29-46)34-62(55)73(61(54)33-49)65-37-58(53-23-18-44(39-71)32-59(53)67(68,69)70)60(72-5)38-66(65)74-63-35-51(47-16-8-12-42(3)30-47)21-26-56(63)57-27-22-52(36-64(57)74)48-17-9-13-43(4)31-48/h6-38H,1-4H3. The molecule has 12 aromatic rings. The summed E-state index contributed by atoms with van der Waals surface area (Å²) in [4.78, 5) is 4.06. The van der Waals surface area contributed by atoms with Gasteiger partial charge in [0, 0.05) is 21.5 Å². The van der Waals surface area contributed by atoms with E-state index < -0.39 is 11.7 Å². The molecule has 0 amide bonds. The fraction of sp³-hybridized carbons (Fsp3) is 0.0746. The molecule has 10 aromatic carbocycles. The van der Waals surface area contributed by atoms with Gasteiger partial charge in [0.25, 0.3) is 0 Å². The first-order valence-electron chi connectivity index (χ1n) is 24.5. The molecule has 2 aromatic heterocycles. The minimum Gasteiger partial charge on any atom is -0.308 e. The zero-order valence-corrected chi connectivity index (χ0v) is 41.0. The number of hydrogen-bond acceptors (Lipinski definition) is 1. The number of aryl methyl sites for hydroxylation is 4. The summed E-state index contributed by atoms with van der Waals surface area (Å²) in [5.41, 5.74) is 15.9. The van der Waals surface area contributed by atoms with Crippen molar-refractivity contribution in [3.8, 4) is 73.1 Å². The minimum absolute atomic E-state index is 0.0281. The predicted octanol–water partition coefficient (Wildman–Crippen LogP) is 18.9. The van der Waals surface area contributed by atoms with Crippen molar-refractivity contribution in [2.75, 3.05) is 0 Å². The summed E-state index contributed by atoms with van der Waals surface area (Å²) in [6.07, 6.45) is -4.84. The smallest absolute Gasteiger partial charge is 0.308 e. The molecule has 12 rings (SSSR count). The van der Waals surface area contributed by atoms with Gasteiger partial charge in [-0.05, 0) is 132 Å². The second-order valence-electron chi connectivity index (χ2n) is 19.4. The molecule has 74 heavy (non-hydrogen) atoms. The van der Waals surface area contributed by atoms with Gasteiger partial charge in [-0.15, -0.1) is 0 Å². The number of halogens is 3. The van der Waals surface area contributed by atoms with Crippen molar-refractivity contribution in [2.45, 2.75) is 33.9 Å². The van der Waals surface area contributed by atoms with Crippen LogP contribution in [-0.2, 0) is 6.18 Å². The van der Waals surface area contributed by atoms with Gasteiger partial charge in [0.1, 0.15) is 0 Å². The maximum Gasteiger partial charge on any atom is 0.417 e. The third-order valence-electron chi connectivity index (χ3n) is 14.4. The number of nitrogens with zero attached hydrogens (tertiary/aromatic N) is 4. The van der Waals surface area contributed by atoms with E-state index in [2.05, 4.69) is 187 Å². The third-order valence-corrected chi connectivity index (χ3v) is 14.4. The molecular formula is C67H45F3N4. The van der Waals surface area contributed by atoms with Crippen LogP contribution in [0.2, 0.25) is 0 Å². The Hall–Kier alpha value is -9.43. The average Bonchev–Trinajstić information content (AvgIpc) is 3.91. The summed E-state index contributed by atoms with van der Waals surface area (Å²) >= 11 is 0. The van der Waals surface area contributed by atoms with E-state index in [1.165, 1.54) is 12.1 Å². The Bertz CT molecular complexity index is 4180. The number of alkyl halides is 3. The van der Waals surface area contributed by atoms with Crippen molar-refractivity contribution in [3.05, 3.63) is 245 Å². The van der Waals surface area contributed by atoms with Crippen molar-refractivity contribution < 1.29 is 13.2 Å². The van der Waals surface area contributed by atoms with Crippen LogP contribution in [0.3, 0.4) is 0 Å². The summed E-state index contributed by atoms with van der Waals surface area (Å²) in [6.45, 7) is 17.1. The van der Waals surface area contributed by atoms with Crippen molar-refractivity contribution in [3.63, 3.8) is 0 Å². The molecular weight excluding hydrogens is 918 g/mol. The van der Waals surface area contributed by atoms with Gasteiger partial charge >= 0.3 is 6.18 Å². The lowest BCUT2D eigenvalue weighted by molar-refractivity contribution is -0.137. The Labute approximate surface area is 426 Å². The molecule has 0 radical (unpaired) electrons. The Morgan fingerprint density at radius 3 is 1.08 bits per heavy atom. The Balaban J connectivity index is 1.28. The van der Waals surface area contributed by atoms with E-state index in [-0.39, 0.29) is 22.4 Å². The molecule has 354 valence electrons. The summed E-state index contributed by atoms with van der Waals surface area (Å²) in [5, 5.41) is 13.7. The molecule has 0 atom stereocenters. The van der Waals surface area contributed by atoms with Gasteiger partial charge in [-0.3, -0.25) is 0 Å². The highest BCUT2D eigenvalue weighted by Crippen LogP contribution is 2.48. The molecule has 0 unspecified atom stereocenters. The number of rotatable bonds is 7. The number of nitriles is 1. The molecule has 0 aliphatic rings. The first-order chi connectivity index (χ1) is 35.8. The van der Waals surface area contributed by atoms with Crippen LogP contribution in [0.5, 0.6) is 0 Å². The second-order valence-corrected chi connectivity index (χ2v) is 19.4. The van der Waals surface area contributed by atoms with Crippen LogP contribution in [0.15, 0.2) is 200 Å². The minimum atomic E-state index is -4.84. The van der Waals surface area contributed by atoms with E-state index >= 15 is 13.2 Å². The lowest BCUT2D eigenvalue weighted by Gasteiger charge is -2.22. The van der Waals surface area contributed by atoms with E-state index in [0.717, 1.165) is 116 Å². The second kappa shape index (κ2) is 17.7. The topological polar surface area (TPSA) is 38.0 Å². The zero-order valence-electron chi connectivity index (χ0n) is 41.0. The van der Waals surface area contributed by atoms with E-state index in [0.29, 0.717) is 11.4 Å². The first-order valence-corrected chi connectivity index (χ1v) is 24.5. The summed E-state index contributed by atoms with van der Waals surface area (Å²) in [6, 6.07) is 68.3. The van der Waals surface area contributed by atoms with E-state index in [1.54, 1.807) is 12.1 Å². The van der Waals surface area contributed by atoms with Crippen LogP contribution >= 0.6 is 0 Å². The molecule has 0 spiro atoms. The number of aromatic nitrogens is 2. The lowest BCUT2D eigenvalue weighted by atomic mass is 9.94. The zero-order chi connectivity index (χ0) is 51.0. The monoisotopic (exact) mass is 962 g/mol. The van der Waals surface area contributed by atoms with Gasteiger partial charge < -0.3 is 9.13 Å². The molecule has 0 saturated heterocycles. The quantitative estimate of drug-likeness (QED) is 0.147. The van der Waals surface area contributed by atoms with Crippen molar-refractivity contribution in [1.82, 2.24) is 9.13 Å². The highest BCUT2D eigenvalue weighted by Gasteiger charge is 2.35. The molecule has 0 fully saturated rings. The van der Waals surface area contributed by atoms with E-state index in [1.807, 2.05) is 30.3 Å². The fourth-order valence-corrected chi connectivity index (χ4v) is 10.9. The predicted molar refractivity (Wildman–Crippen MR) is 297 cm³/mol. The largest absolute Gasteiger partial charge is 0.417 e. The molecule has 0 saturated carbocycles.